The van der Waals surface area contributed by atoms with Gasteiger partial charge in [0.2, 0.25) is 0 Å². The molecule has 1 saturated carbocycles. The van der Waals surface area contributed by atoms with Crippen molar-refractivity contribution >= 4 is 11.6 Å². The highest BCUT2D eigenvalue weighted by molar-refractivity contribution is 5.94. The maximum absolute atomic E-state index is 12.5. The van der Waals surface area contributed by atoms with Gasteiger partial charge in [-0.2, -0.15) is 0 Å². The van der Waals surface area contributed by atoms with E-state index < -0.39 is 4.92 Å². The van der Waals surface area contributed by atoms with E-state index in [-0.39, 0.29) is 11.6 Å². The molecule has 1 aromatic carbocycles. The van der Waals surface area contributed by atoms with Gasteiger partial charge in [-0.1, -0.05) is 19.3 Å². The van der Waals surface area contributed by atoms with Crippen LogP contribution in [-0.4, -0.2) is 28.8 Å². The van der Waals surface area contributed by atoms with Crippen LogP contribution in [0.2, 0.25) is 0 Å². The maximum Gasteiger partial charge on any atom is 0.269 e. The number of carbonyl (C=O) groups is 1. The van der Waals surface area contributed by atoms with Crippen molar-refractivity contribution in [3.8, 4) is 0 Å². The lowest BCUT2D eigenvalue weighted by atomic mass is 9.75. The topological polar surface area (TPSA) is 63.4 Å². The molecule has 2 fully saturated rings. The van der Waals surface area contributed by atoms with Crippen molar-refractivity contribution in [2.45, 2.75) is 32.1 Å². The summed E-state index contributed by atoms with van der Waals surface area (Å²) in [5, 5.41) is 10.7. The summed E-state index contributed by atoms with van der Waals surface area (Å²) in [5.74, 6) is 1.45. The summed E-state index contributed by atoms with van der Waals surface area (Å²) in [6.07, 6.45) is 6.25. The Kier molecular flexibility index (Phi) is 3.90. The normalized spacial score (nSPS) is 25.2. The third-order valence-corrected chi connectivity index (χ3v) is 4.90. The lowest BCUT2D eigenvalue weighted by Crippen LogP contribution is -2.44. The van der Waals surface area contributed by atoms with Crippen molar-refractivity contribution in [2.75, 3.05) is 13.1 Å². The van der Waals surface area contributed by atoms with Crippen LogP contribution >= 0.6 is 0 Å². The lowest BCUT2D eigenvalue weighted by molar-refractivity contribution is -0.384. The second-order valence-corrected chi connectivity index (χ2v) is 6.15. The van der Waals surface area contributed by atoms with Crippen LogP contribution < -0.4 is 0 Å². The summed E-state index contributed by atoms with van der Waals surface area (Å²) in [7, 11) is 0. The molecule has 0 N–H and O–H groups in total. The molecule has 2 atom stereocenters. The molecule has 1 aliphatic carbocycles. The van der Waals surface area contributed by atoms with Crippen LogP contribution in [0.15, 0.2) is 24.3 Å². The molecular formula is C16H20N2O3. The number of likely N-dealkylation sites (tertiary alicyclic amines) is 1. The molecule has 1 heterocycles. The number of nitrogens with zero attached hydrogens (tertiary/aromatic N) is 2. The van der Waals surface area contributed by atoms with E-state index in [1.165, 1.54) is 37.8 Å². The van der Waals surface area contributed by atoms with E-state index >= 15 is 0 Å². The van der Waals surface area contributed by atoms with Gasteiger partial charge >= 0.3 is 0 Å². The van der Waals surface area contributed by atoms with Crippen LogP contribution in [0.3, 0.4) is 0 Å². The number of carbonyl (C=O) groups excluding carboxylic acids is 1. The van der Waals surface area contributed by atoms with Crippen molar-refractivity contribution in [3.05, 3.63) is 39.9 Å². The SMILES string of the molecule is O=C(c1ccc([N+](=O)[O-])cc1)N1CC[C@@H]2CCCC[C@H]2C1. The summed E-state index contributed by atoms with van der Waals surface area (Å²) in [6.45, 7) is 1.66. The highest BCUT2D eigenvalue weighted by Gasteiger charge is 2.33. The number of hydrogen-bond acceptors (Lipinski definition) is 3. The number of nitro groups is 1. The standard InChI is InChI=1S/C16H20N2O3/c19-16(13-5-7-15(8-6-13)18(20)21)17-10-9-12-3-1-2-4-14(12)11-17/h5-8,12,14H,1-4,9-11H2/t12-,14-/m0/s1. The number of nitro benzene ring substituents is 1. The zero-order valence-electron chi connectivity index (χ0n) is 12.0. The fraction of sp³-hybridized carbons (Fsp3) is 0.562. The van der Waals surface area contributed by atoms with Gasteiger partial charge in [-0.25, -0.2) is 0 Å². The highest BCUT2D eigenvalue weighted by Crippen LogP contribution is 2.36. The molecule has 1 aromatic rings. The van der Waals surface area contributed by atoms with E-state index in [1.54, 1.807) is 12.1 Å². The van der Waals surface area contributed by atoms with E-state index in [1.807, 2.05) is 4.90 Å². The summed E-state index contributed by atoms with van der Waals surface area (Å²) in [5.41, 5.74) is 0.576. The molecule has 5 nitrogen and oxygen atoms in total. The lowest BCUT2D eigenvalue weighted by Gasteiger charge is -2.41. The molecule has 0 radical (unpaired) electrons. The van der Waals surface area contributed by atoms with Gasteiger partial charge in [0, 0.05) is 30.8 Å². The average molecular weight is 288 g/mol. The zero-order valence-corrected chi connectivity index (χ0v) is 12.0. The number of rotatable bonds is 2. The first-order chi connectivity index (χ1) is 10.1. The Morgan fingerprint density at radius 2 is 1.76 bits per heavy atom. The molecular weight excluding hydrogens is 268 g/mol. The second-order valence-electron chi connectivity index (χ2n) is 6.15. The van der Waals surface area contributed by atoms with Crippen molar-refractivity contribution < 1.29 is 9.72 Å². The Morgan fingerprint density at radius 3 is 2.43 bits per heavy atom. The maximum atomic E-state index is 12.5. The summed E-state index contributed by atoms with van der Waals surface area (Å²) in [4.78, 5) is 24.6. The van der Waals surface area contributed by atoms with Crippen molar-refractivity contribution in [2.24, 2.45) is 11.8 Å². The van der Waals surface area contributed by atoms with E-state index in [9.17, 15) is 14.9 Å². The number of fused-ring (bicyclic) bond motifs is 1. The fourth-order valence-corrected chi connectivity index (χ4v) is 3.69. The number of non-ortho nitro benzene ring substituents is 1. The minimum absolute atomic E-state index is 0.00826. The van der Waals surface area contributed by atoms with Crippen LogP contribution in [0.4, 0.5) is 5.69 Å². The van der Waals surface area contributed by atoms with Gasteiger partial charge in [-0.05, 0) is 36.8 Å². The van der Waals surface area contributed by atoms with Crippen LogP contribution in [0.5, 0.6) is 0 Å². The summed E-state index contributed by atoms with van der Waals surface area (Å²) < 4.78 is 0. The quantitative estimate of drug-likeness (QED) is 0.620. The Balaban J connectivity index is 1.68. The number of benzene rings is 1. The first kappa shape index (κ1) is 14.0. The molecule has 0 aromatic heterocycles. The minimum Gasteiger partial charge on any atom is -0.338 e. The summed E-state index contributed by atoms with van der Waals surface area (Å²) in [6, 6.07) is 5.93. The first-order valence-electron chi connectivity index (χ1n) is 7.69. The van der Waals surface area contributed by atoms with Crippen molar-refractivity contribution in [1.82, 2.24) is 4.90 Å². The van der Waals surface area contributed by atoms with Crippen LogP contribution in [0, 0.1) is 22.0 Å². The van der Waals surface area contributed by atoms with Gasteiger partial charge in [0.15, 0.2) is 0 Å². The second kappa shape index (κ2) is 5.84. The molecule has 5 heteroatoms. The first-order valence-corrected chi connectivity index (χ1v) is 7.69. The third-order valence-electron chi connectivity index (χ3n) is 4.90. The molecule has 0 spiro atoms. The van der Waals surface area contributed by atoms with E-state index in [0.717, 1.165) is 25.4 Å². The Hall–Kier alpha value is -1.91. The van der Waals surface area contributed by atoms with E-state index in [4.69, 9.17) is 0 Å². The zero-order chi connectivity index (χ0) is 14.8. The monoisotopic (exact) mass is 288 g/mol. The van der Waals surface area contributed by atoms with Gasteiger partial charge in [-0.15, -0.1) is 0 Å². The highest BCUT2D eigenvalue weighted by atomic mass is 16.6. The smallest absolute Gasteiger partial charge is 0.269 e. The molecule has 112 valence electrons. The van der Waals surface area contributed by atoms with Gasteiger partial charge < -0.3 is 4.90 Å². The number of hydrogen-bond donors (Lipinski definition) is 0. The summed E-state index contributed by atoms with van der Waals surface area (Å²) >= 11 is 0. The molecule has 1 saturated heterocycles. The number of amides is 1. The van der Waals surface area contributed by atoms with Gasteiger partial charge in [-0.3, -0.25) is 14.9 Å². The molecule has 21 heavy (non-hydrogen) atoms. The van der Waals surface area contributed by atoms with Crippen molar-refractivity contribution in [3.63, 3.8) is 0 Å². The average Bonchev–Trinajstić information content (AvgIpc) is 2.54. The third kappa shape index (κ3) is 2.91. The van der Waals surface area contributed by atoms with Crippen molar-refractivity contribution in [1.29, 1.82) is 0 Å². The van der Waals surface area contributed by atoms with Crippen LogP contribution in [0.25, 0.3) is 0 Å². The predicted molar refractivity (Wildman–Crippen MR) is 79.1 cm³/mol. The van der Waals surface area contributed by atoms with Crippen LogP contribution in [-0.2, 0) is 0 Å². The van der Waals surface area contributed by atoms with E-state index in [0.29, 0.717) is 11.5 Å². The molecule has 2 aliphatic rings. The molecule has 3 rings (SSSR count). The van der Waals surface area contributed by atoms with Crippen LogP contribution in [0.1, 0.15) is 42.5 Å². The Labute approximate surface area is 124 Å². The van der Waals surface area contributed by atoms with Gasteiger partial charge in [0.1, 0.15) is 0 Å². The largest absolute Gasteiger partial charge is 0.338 e. The molecule has 1 amide bonds. The van der Waals surface area contributed by atoms with Gasteiger partial charge in [0.05, 0.1) is 4.92 Å². The minimum atomic E-state index is -0.443. The fourth-order valence-electron chi connectivity index (χ4n) is 3.69. The van der Waals surface area contributed by atoms with E-state index in [2.05, 4.69) is 0 Å². The van der Waals surface area contributed by atoms with Gasteiger partial charge in [0.25, 0.3) is 11.6 Å². The molecule has 0 bridgehead atoms. The number of piperidine rings is 1. The Bertz CT molecular complexity index is 541. The molecule has 1 aliphatic heterocycles. The Morgan fingerprint density at radius 1 is 1.10 bits per heavy atom. The predicted octanol–water partition coefficient (Wildman–Crippen LogP) is 3.25. The molecule has 0 unspecified atom stereocenters.